The molecule has 0 saturated carbocycles. The molecule has 4 heteroatoms. The van der Waals surface area contributed by atoms with Crippen molar-refractivity contribution >= 4 is 5.69 Å². The summed E-state index contributed by atoms with van der Waals surface area (Å²) in [5.74, 6) is 0. The lowest BCUT2D eigenvalue weighted by atomic mass is 10.1. The highest BCUT2D eigenvalue weighted by Crippen LogP contribution is 2.20. The maximum absolute atomic E-state index is 13.0. The lowest BCUT2D eigenvalue weighted by Gasteiger charge is -2.33. The number of aliphatic hydroxyl groups is 1. The summed E-state index contributed by atoms with van der Waals surface area (Å²) in [6, 6.07) is 3.75. The van der Waals surface area contributed by atoms with E-state index in [0.717, 1.165) is 5.69 Å². The molecule has 1 N–H and O–H groups in total. The molecule has 1 aromatic rings. The van der Waals surface area contributed by atoms with Crippen LogP contribution in [0, 0.1) is 0 Å². The van der Waals surface area contributed by atoms with Gasteiger partial charge >= 0.3 is 0 Å². The Morgan fingerprint density at radius 2 is 2.43 bits per heavy atom. The molecule has 0 aromatic carbocycles. The molecule has 2 rings (SSSR count). The molecule has 3 nitrogen and oxygen atoms in total. The monoisotopic (exact) mass is 196 g/mol. The average molecular weight is 196 g/mol. The zero-order valence-electron chi connectivity index (χ0n) is 7.81. The van der Waals surface area contributed by atoms with Crippen molar-refractivity contribution in [2.45, 2.75) is 18.7 Å². The molecule has 14 heavy (non-hydrogen) atoms. The Bertz CT molecular complexity index is 293. The highest BCUT2D eigenvalue weighted by atomic mass is 19.1. The van der Waals surface area contributed by atoms with Gasteiger partial charge in [0.25, 0.3) is 0 Å². The number of aromatic nitrogens is 1. The van der Waals surface area contributed by atoms with Crippen molar-refractivity contribution in [3.63, 3.8) is 0 Å². The molecule has 1 aliphatic rings. The molecule has 0 radical (unpaired) electrons. The number of aliphatic hydroxyl groups excluding tert-OH is 1. The Morgan fingerprint density at radius 3 is 3.07 bits per heavy atom. The molecule has 1 aliphatic heterocycles. The fourth-order valence-corrected chi connectivity index (χ4v) is 1.68. The third-order valence-corrected chi connectivity index (χ3v) is 2.51. The number of anilines is 1. The first kappa shape index (κ1) is 9.40. The molecule has 1 aromatic heterocycles. The number of piperidine rings is 1. The van der Waals surface area contributed by atoms with Gasteiger partial charge in [0, 0.05) is 19.3 Å². The molecule has 2 atom stereocenters. The van der Waals surface area contributed by atoms with Gasteiger partial charge in [0.1, 0.15) is 12.3 Å². The Balaban J connectivity index is 2.07. The number of hydrogen-bond donors (Lipinski definition) is 1. The quantitative estimate of drug-likeness (QED) is 0.727. The lowest BCUT2D eigenvalue weighted by molar-refractivity contribution is 0.0645. The number of β-amino-alcohol motifs (C(OH)–C–C–N with tert-alkyl or cyclic N) is 1. The number of nitrogens with zero attached hydrogens (tertiary/aromatic N) is 2. The van der Waals surface area contributed by atoms with Crippen LogP contribution in [0.25, 0.3) is 0 Å². The first-order valence-electron chi connectivity index (χ1n) is 4.74. The van der Waals surface area contributed by atoms with Crippen LogP contribution in [0.1, 0.15) is 6.42 Å². The van der Waals surface area contributed by atoms with Crippen LogP contribution in [0.3, 0.4) is 0 Å². The molecule has 0 unspecified atom stereocenters. The summed E-state index contributed by atoms with van der Waals surface area (Å²) in [6.45, 7) is 0.997. The topological polar surface area (TPSA) is 36.4 Å². The minimum Gasteiger partial charge on any atom is -0.388 e. The SMILES string of the molecule is O[C@H]1CN(c2cccnc2)CC[C@@H]1F. The van der Waals surface area contributed by atoms with Crippen molar-refractivity contribution in [1.82, 2.24) is 4.98 Å². The van der Waals surface area contributed by atoms with E-state index in [2.05, 4.69) is 4.98 Å². The van der Waals surface area contributed by atoms with E-state index in [1.165, 1.54) is 0 Å². The molecule has 1 saturated heterocycles. The Labute approximate surface area is 82.2 Å². The van der Waals surface area contributed by atoms with Gasteiger partial charge < -0.3 is 10.0 Å². The first-order chi connectivity index (χ1) is 6.77. The standard InChI is InChI=1S/C10H13FN2O/c11-9-3-5-13(7-10(9)14)8-2-1-4-12-6-8/h1-2,4,6,9-10,14H,3,5,7H2/t9-,10-/m0/s1. The van der Waals surface area contributed by atoms with Gasteiger partial charge in [-0.3, -0.25) is 4.98 Å². The van der Waals surface area contributed by atoms with E-state index in [1.54, 1.807) is 12.4 Å². The van der Waals surface area contributed by atoms with Gasteiger partial charge in [0.05, 0.1) is 11.9 Å². The fourth-order valence-electron chi connectivity index (χ4n) is 1.68. The van der Waals surface area contributed by atoms with Crippen LogP contribution in [0.15, 0.2) is 24.5 Å². The van der Waals surface area contributed by atoms with E-state index in [1.807, 2.05) is 17.0 Å². The van der Waals surface area contributed by atoms with Crippen molar-refractivity contribution in [2.24, 2.45) is 0 Å². The molecule has 0 aliphatic carbocycles. The van der Waals surface area contributed by atoms with Gasteiger partial charge in [-0.05, 0) is 18.6 Å². The summed E-state index contributed by atoms with van der Waals surface area (Å²) in [6.07, 6.45) is 1.86. The predicted octanol–water partition coefficient (Wildman–Crippen LogP) is 0.991. The van der Waals surface area contributed by atoms with Crippen LogP contribution in [-0.2, 0) is 0 Å². The summed E-state index contributed by atoms with van der Waals surface area (Å²) >= 11 is 0. The minimum absolute atomic E-state index is 0.354. The van der Waals surface area contributed by atoms with E-state index in [-0.39, 0.29) is 0 Å². The van der Waals surface area contributed by atoms with E-state index in [9.17, 15) is 9.50 Å². The van der Waals surface area contributed by atoms with Gasteiger partial charge in [-0.15, -0.1) is 0 Å². The Hall–Kier alpha value is -1.16. The van der Waals surface area contributed by atoms with Crippen LogP contribution in [-0.4, -0.2) is 35.5 Å². The normalized spacial score (nSPS) is 27.7. The van der Waals surface area contributed by atoms with Crippen molar-refractivity contribution in [1.29, 1.82) is 0 Å². The maximum atomic E-state index is 13.0. The Morgan fingerprint density at radius 1 is 1.57 bits per heavy atom. The van der Waals surface area contributed by atoms with Crippen LogP contribution in [0.4, 0.5) is 10.1 Å². The van der Waals surface area contributed by atoms with E-state index >= 15 is 0 Å². The average Bonchev–Trinajstić information content (AvgIpc) is 2.23. The second-order valence-electron chi connectivity index (χ2n) is 3.53. The number of rotatable bonds is 1. The Kier molecular flexibility index (Phi) is 2.63. The maximum Gasteiger partial charge on any atom is 0.129 e. The van der Waals surface area contributed by atoms with E-state index < -0.39 is 12.3 Å². The van der Waals surface area contributed by atoms with E-state index in [0.29, 0.717) is 19.5 Å². The molecule has 0 amide bonds. The summed E-state index contributed by atoms with van der Waals surface area (Å²) < 4.78 is 13.0. The summed E-state index contributed by atoms with van der Waals surface area (Å²) in [5.41, 5.74) is 0.943. The largest absolute Gasteiger partial charge is 0.388 e. The smallest absolute Gasteiger partial charge is 0.129 e. The highest BCUT2D eigenvalue weighted by Gasteiger charge is 2.27. The van der Waals surface area contributed by atoms with Gasteiger partial charge in [0.2, 0.25) is 0 Å². The summed E-state index contributed by atoms with van der Waals surface area (Å²) in [7, 11) is 0. The fraction of sp³-hybridized carbons (Fsp3) is 0.500. The lowest BCUT2D eigenvalue weighted by Crippen LogP contribution is -2.45. The highest BCUT2D eigenvalue weighted by molar-refractivity contribution is 5.44. The molecular formula is C10H13FN2O. The van der Waals surface area contributed by atoms with Crippen LogP contribution >= 0.6 is 0 Å². The van der Waals surface area contributed by atoms with Crippen molar-refractivity contribution in [3.8, 4) is 0 Å². The number of hydrogen-bond acceptors (Lipinski definition) is 3. The zero-order valence-corrected chi connectivity index (χ0v) is 7.81. The molecular weight excluding hydrogens is 183 g/mol. The van der Waals surface area contributed by atoms with Crippen molar-refractivity contribution in [2.75, 3.05) is 18.0 Å². The zero-order chi connectivity index (χ0) is 9.97. The first-order valence-corrected chi connectivity index (χ1v) is 4.74. The second kappa shape index (κ2) is 3.92. The van der Waals surface area contributed by atoms with Gasteiger partial charge in [-0.1, -0.05) is 0 Å². The van der Waals surface area contributed by atoms with Crippen LogP contribution < -0.4 is 4.90 Å². The number of pyridine rings is 1. The molecule has 0 spiro atoms. The van der Waals surface area contributed by atoms with Crippen molar-refractivity contribution in [3.05, 3.63) is 24.5 Å². The van der Waals surface area contributed by atoms with Gasteiger partial charge in [0.15, 0.2) is 0 Å². The molecule has 0 bridgehead atoms. The number of alkyl halides is 1. The molecule has 76 valence electrons. The van der Waals surface area contributed by atoms with Gasteiger partial charge in [-0.2, -0.15) is 0 Å². The molecule has 2 heterocycles. The third kappa shape index (κ3) is 1.85. The van der Waals surface area contributed by atoms with Crippen LogP contribution in [0.5, 0.6) is 0 Å². The van der Waals surface area contributed by atoms with Crippen molar-refractivity contribution < 1.29 is 9.50 Å². The minimum atomic E-state index is -1.08. The summed E-state index contributed by atoms with van der Waals surface area (Å²) in [5, 5.41) is 9.37. The summed E-state index contributed by atoms with van der Waals surface area (Å²) in [4.78, 5) is 5.94. The van der Waals surface area contributed by atoms with Gasteiger partial charge in [-0.25, -0.2) is 4.39 Å². The molecule has 1 fully saturated rings. The number of halogens is 1. The van der Waals surface area contributed by atoms with E-state index in [4.69, 9.17) is 0 Å². The second-order valence-corrected chi connectivity index (χ2v) is 3.53. The third-order valence-electron chi connectivity index (χ3n) is 2.51. The predicted molar refractivity (Wildman–Crippen MR) is 52.0 cm³/mol. The van der Waals surface area contributed by atoms with Crippen LogP contribution in [0.2, 0.25) is 0 Å².